The topological polar surface area (TPSA) is 63.7 Å². The van der Waals surface area contributed by atoms with Crippen LogP contribution in [0.4, 0.5) is 0 Å². The minimum atomic E-state index is -0.130. The van der Waals surface area contributed by atoms with Gasteiger partial charge in [-0.3, -0.25) is 4.90 Å². The highest BCUT2D eigenvalue weighted by Crippen LogP contribution is 2.42. The summed E-state index contributed by atoms with van der Waals surface area (Å²) >= 11 is 0. The molecule has 3 aromatic rings. The predicted molar refractivity (Wildman–Crippen MR) is 110 cm³/mol. The summed E-state index contributed by atoms with van der Waals surface area (Å²) in [6.07, 6.45) is 3.12. The lowest BCUT2D eigenvalue weighted by molar-refractivity contribution is -0.0561. The molecule has 2 fully saturated rings. The standard InChI is InChI=1S/C23H27N3O3/c1-17-7-8-21(29-17)22-18(12-26(24-22)20-5-3-2-4-6-20)11-25-13-19-9-10-28-16-23(19,14-25)15-27/h2-8,12,19,27H,9-11,13-16H2,1H3/t19-,23+/m0/s1. The zero-order chi connectivity index (χ0) is 19.8. The van der Waals surface area contributed by atoms with Crippen molar-refractivity contribution in [2.24, 2.45) is 11.3 Å². The molecule has 4 heterocycles. The van der Waals surface area contributed by atoms with Crippen LogP contribution in [-0.2, 0) is 11.3 Å². The monoisotopic (exact) mass is 393 g/mol. The third kappa shape index (κ3) is 3.41. The maximum absolute atomic E-state index is 10.1. The molecule has 29 heavy (non-hydrogen) atoms. The number of aryl methyl sites for hydroxylation is 1. The number of aromatic nitrogens is 2. The molecule has 2 saturated heterocycles. The fraction of sp³-hybridized carbons (Fsp3) is 0.435. The summed E-state index contributed by atoms with van der Waals surface area (Å²) in [4.78, 5) is 2.43. The highest BCUT2D eigenvalue weighted by molar-refractivity contribution is 5.58. The molecule has 2 aliphatic heterocycles. The smallest absolute Gasteiger partial charge is 0.154 e. The first kappa shape index (κ1) is 18.6. The average molecular weight is 393 g/mol. The summed E-state index contributed by atoms with van der Waals surface area (Å²) in [5.74, 6) is 2.16. The van der Waals surface area contributed by atoms with Gasteiger partial charge in [0.05, 0.1) is 18.9 Å². The maximum Gasteiger partial charge on any atom is 0.154 e. The number of nitrogens with zero attached hydrogens (tertiary/aromatic N) is 3. The Hall–Kier alpha value is -2.41. The van der Waals surface area contributed by atoms with E-state index in [2.05, 4.69) is 23.2 Å². The minimum Gasteiger partial charge on any atom is -0.460 e. The van der Waals surface area contributed by atoms with E-state index in [1.165, 1.54) is 0 Å². The van der Waals surface area contributed by atoms with E-state index in [0.717, 1.165) is 61.1 Å². The van der Waals surface area contributed by atoms with Crippen LogP contribution in [0.2, 0.25) is 0 Å². The number of likely N-dealkylation sites (tertiary alicyclic amines) is 1. The van der Waals surface area contributed by atoms with Gasteiger partial charge >= 0.3 is 0 Å². The van der Waals surface area contributed by atoms with E-state index >= 15 is 0 Å². The zero-order valence-corrected chi connectivity index (χ0v) is 16.8. The SMILES string of the molecule is Cc1ccc(-c2nn(-c3ccccc3)cc2CN2C[C@@H]3CCOC[C@]3(CO)C2)o1. The van der Waals surface area contributed by atoms with Crippen molar-refractivity contribution in [3.63, 3.8) is 0 Å². The molecule has 2 aliphatic rings. The number of aliphatic hydroxyl groups is 1. The van der Waals surface area contributed by atoms with Gasteiger partial charge in [-0.05, 0) is 43.5 Å². The number of rotatable bonds is 5. The Morgan fingerprint density at radius 2 is 2.07 bits per heavy atom. The van der Waals surface area contributed by atoms with E-state index in [1.54, 1.807) is 0 Å². The minimum absolute atomic E-state index is 0.130. The summed E-state index contributed by atoms with van der Waals surface area (Å²) in [6.45, 7) is 6.19. The second-order valence-corrected chi connectivity index (χ2v) is 8.42. The van der Waals surface area contributed by atoms with Gasteiger partial charge in [-0.1, -0.05) is 18.2 Å². The number of para-hydroxylation sites is 1. The summed E-state index contributed by atoms with van der Waals surface area (Å²) in [6, 6.07) is 14.1. The Balaban J connectivity index is 1.47. The normalized spacial score (nSPS) is 24.7. The first-order valence-corrected chi connectivity index (χ1v) is 10.3. The highest BCUT2D eigenvalue weighted by Gasteiger charge is 2.48. The number of hydrogen-bond acceptors (Lipinski definition) is 5. The van der Waals surface area contributed by atoms with Gasteiger partial charge in [0.2, 0.25) is 0 Å². The lowest BCUT2D eigenvalue weighted by Gasteiger charge is -2.36. The van der Waals surface area contributed by atoms with Crippen LogP contribution in [0.3, 0.4) is 0 Å². The third-order valence-electron chi connectivity index (χ3n) is 6.38. The van der Waals surface area contributed by atoms with Gasteiger partial charge in [0.25, 0.3) is 0 Å². The lowest BCUT2D eigenvalue weighted by Crippen LogP contribution is -2.42. The number of aliphatic hydroxyl groups excluding tert-OH is 1. The van der Waals surface area contributed by atoms with Crippen LogP contribution in [0, 0.1) is 18.3 Å². The zero-order valence-electron chi connectivity index (χ0n) is 16.8. The van der Waals surface area contributed by atoms with Gasteiger partial charge in [-0.2, -0.15) is 5.10 Å². The number of ether oxygens (including phenoxy) is 1. The van der Waals surface area contributed by atoms with Crippen molar-refractivity contribution in [3.05, 3.63) is 60.0 Å². The van der Waals surface area contributed by atoms with E-state index in [0.29, 0.717) is 12.5 Å². The predicted octanol–water partition coefficient (Wildman–Crippen LogP) is 3.27. The van der Waals surface area contributed by atoms with E-state index in [-0.39, 0.29) is 12.0 Å². The molecule has 0 spiro atoms. The molecule has 152 valence electrons. The van der Waals surface area contributed by atoms with Crippen molar-refractivity contribution < 1.29 is 14.3 Å². The summed E-state index contributed by atoms with van der Waals surface area (Å²) in [7, 11) is 0. The van der Waals surface area contributed by atoms with Crippen molar-refractivity contribution in [3.8, 4) is 17.1 Å². The Kier molecular flexibility index (Phi) is 4.78. The van der Waals surface area contributed by atoms with Crippen LogP contribution in [0.5, 0.6) is 0 Å². The number of furan rings is 1. The van der Waals surface area contributed by atoms with Crippen LogP contribution in [-0.4, -0.2) is 52.7 Å². The fourth-order valence-electron chi connectivity index (χ4n) is 4.80. The molecular formula is C23H27N3O3. The molecule has 0 radical (unpaired) electrons. The summed E-state index contributed by atoms with van der Waals surface area (Å²) in [5.41, 5.74) is 2.91. The molecule has 5 rings (SSSR count). The van der Waals surface area contributed by atoms with Crippen molar-refractivity contribution >= 4 is 0 Å². The molecule has 1 aromatic carbocycles. The number of hydrogen-bond donors (Lipinski definition) is 1. The van der Waals surface area contributed by atoms with Crippen LogP contribution in [0.25, 0.3) is 17.1 Å². The molecule has 2 atom stereocenters. The van der Waals surface area contributed by atoms with E-state index in [1.807, 2.05) is 41.9 Å². The molecule has 0 unspecified atom stereocenters. The van der Waals surface area contributed by atoms with Crippen molar-refractivity contribution in [1.82, 2.24) is 14.7 Å². The molecule has 0 aliphatic carbocycles. The second-order valence-electron chi connectivity index (χ2n) is 8.42. The molecule has 0 bridgehead atoms. The Bertz CT molecular complexity index is 980. The molecule has 2 aromatic heterocycles. The van der Waals surface area contributed by atoms with Gasteiger partial charge in [0, 0.05) is 43.4 Å². The number of fused-ring (bicyclic) bond motifs is 1. The average Bonchev–Trinajstić information content (AvgIpc) is 3.45. The molecule has 6 heteroatoms. The quantitative estimate of drug-likeness (QED) is 0.721. The summed E-state index contributed by atoms with van der Waals surface area (Å²) in [5, 5.41) is 14.9. The van der Waals surface area contributed by atoms with Crippen molar-refractivity contribution in [1.29, 1.82) is 0 Å². The molecule has 6 nitrogen and oxygen atoms in total. The van der Waals surface area contributed by atoms with Crippen LogP contribution in [0.15, 0.2) is 53.1 Å². The van der Waals surface area contributed by atoms with Crippen LogP contribution in [0.1, 0.15) is 17.7 Å². The molecule has 0 amide bonds. The Morgan fingerprint density at radius 1 is 1.21 bits per heavy atom. The van der Waals surface area contributed by atoms with Crippen molar-refractivity contribution in [2.45, 2.75) is 19.9 Å². The Morgan fingerprint density at radius 3 is 2.79 bits per heavy atom. The molecule has 1 N–H and O–H groups in total. The molecule has 0 saturated carbocycles. The lowest BCUT2D eigenvalue weighted by atomic mass is 9.76. The van der Waals surface area contributed by atoms with Gasteiger partial charge < -0.3 is 14.3 Å². The van der Waals surface area contributed by atoms with E-state index in [9.17, 15) is 5.11 Å². The maximum atomic E-state index is 10.1. The largest absolute Gasteiger partial charge is 0.460 e. The summed E-state index contributed by atoms with van der Waals surface area (Å²) < 4.78 is 13.5. The van der Waals surface area contributed by atoms with Crippen LogP contribution >= 0.6 is 0 Å². The first-order valence-electron chi connectivity index (χ1n) is 10.3. The van der Waals surface area contributed by atoms with E-state index in [4.69, 9.17) is 14.3 Å². The van der Waals surface area contributed by atoms with Gasteiger partial charge in [0.15, 0.2) is 5.76 Å². The third-order valence-corrected chi connectivity index (χ3v) is 6.38. The highest BCUT2D eigenvalue weighted by atomic mass is 16.5. The first-order chi connectivity index (χ1) is 14.2. The van der Waals surface area contributed by atoms with E-state index < -0.39 is 0 Å². The second kappa shape index (κ2) is 7.44. The Labute approximate surface area is 170 Å². The van der Waals surface area contributed by atoms with Crippen LogP contribution < -0.4 is 0 Å². The van der Waals surface area contributed by atoms with Gasteiger partial charge in [-0.25, -0.2) is 4.68 Å². The number of benzene rings is 1. The van der Waals surface area contributed by atoms with Crippen molar-refractivity contribution in [2.75, 3.05) is 32.9 Å². The molecular weight excluding hydrogens is 366 g/mol. The van der Waals surface area contributed by atoms with Gasteiger partial charge in [0.1, 0.15) is 11.5 Å². The van der Waals surface area contributed by atoms with Gasteiger partial charge in [-0.15, -0.1) is 0 Å². The fourth-order valence-corrected chi connectivity index (χ4v) is 4.80.